The molecule has 8 heteroatoms. The number of carbonyl (C=O) groups is 2. The van der Waals surface area contributed by atoms with Crippen molar-refractivity contribution >= 4 is 29.4 Å². The molecule has 1 atom stereocenters. The van der Waals surface area contributed by atoms with E-state index in [4.69, 9.17) is 16.3 Å². The number of esters is 1. The van der Waals surface area contributed by atoms with Crippen LogP contribution in [0.5, 0.6) is 0 Å². The van der Waals surface area contributed by atoms with Crippen LogP contribution in [0.3, 0.4) is 0 Å². The summed E-state index contributed by atoms with van der Waals surface area (Å²) in [5, 5.41) is 6.30. The lowest BCUT2D eigenvalue weighted by atomic mass is 10.2. The maximum atomic E-state index is 11.7. The SMILES string of the molecule is CCOC(=O)c1nc(N2CC(CCl)CC2=O)n[nH]1. The van der Waals surface area contributed by atoms with Gasteiger partial charge in [-0.05, 0) is 12.8 Å². The second kappa shape index (κ2) is 5.34. The molecule has 2 heterocycles. The molecule has 0 radical (unpaired) electrons. The van der Waals surface area contributed by atoms with Crippen LogP contribution < -0.4 is 4.90 Å². The first-order valence-electron chi connectivity index (χ1n) is 5.61. The fraction of sp³-hybridized carbons (Fsp3) is 0.600. The molecule has 0 aliphatic carbocycles. The van der Waals surface area contributed by atoms with Crippen LogP contribution in [0.25, 0.3) is 0 Å². The molecular formula is C10H13ClN4O3. The lowest BCUT2D eigenvalue weighted by Gasteiger charge is -2.10. The van der Waals surface area contributed by atoms with Crippen molar-refractivity contribution in [3.63, 3.8) is 0 Å². The van der Waals surface area contributed by atoms with Crippen LogP contribution in [0.2, 0.25) is 0 Å². The number of nitrogens with one attached hydrogen (secondary N) is 1. The Bertz CT molecular complexity index is 462. The molecular weight excluding hydrogens is 260 g/mol. The molecule has 18 heavy (non-hydrogen) atoms. The normalized spacial score (nSPS) is 19.3. The number of aromatic amines is 1. The number of rotatable bonds is 4. The minimum absolute atomic E-state index is 0.00558. The van der Waals surface area contributed by atoms with E-state index in [0.717, 1.165) is 0 Å². The van der Waals surface area contributed by atoms with Crippen LogP contribution in [0.4, 0.5) is 5.95 Å². The van der Waals surface area contributed by atoms with E-state index in [-0.39, 0.29) is 30.2 Å². The third-order valence-corrected chi connectivity index (χ3v) is 3.04. The van der Waals surface area contributed by atoms with Gasteiger partial charge in [0.05, 0.1) is 6.61 Å². The van der Waals surface area contributed by atoms with E-state index in [1.54, 1.807) is 6.92 Å². The van der Waals surface area contributed by atoms with Gasteiger partial charge in [-0.25, -0.2) is 4.79 Å². The van der Waals surface area contributed by atoms with E-state index >= 15 is 0 Å². The quantitative estimate of drug-likeness (QED) is 0.640. The first-order valence-corrected chi connectivity index (χ1v) is 6.15. The van der Waals surface area contributed by atoms with Crippen molar-refractivity contribution in [1.82, 2.24) is 15.2 Å². The Kier molecular flexibility index (Phi) is 3.81. The topological polar surface area (TPSA) is 88.2 Å². The monoisotopic (exact) mass is 272 g/mol. The average molecular weight is 273 g/mol. The van der Waals surface area contributed by atoms with E-state index in [1.807, 2.05) is 0 Å². The van der Waals surface area contributed by atoms with Gasteiger partial charge in [-0.1, -0.05) is 0 Å². The molecule has 0 spiro atoms. The molecule has 1 aliphatic rings. The second-order valence-corrected chi connectivity index (χ2v) is 4.24. The summed E-state index contributed by atoms with van der Waals surface area (Å²) in [6.45, 7) is 2.43. The number of nitrogens with zero attached hydrogens (tertiary/aromatic N) is 3. The highest BCUT2D eigenvalue weighted by Gasteiger charge is 2.32. The third kappa shape index (κ3) is 2.45. The maximum Gasteiger partial charge on any atom is 0.375 e. The third-order valence-electron chi connectivity index (χ3n) is 2.61. The van der Waals surface area contributed by atoms with Gasteiger partial charge in [-0.3, -0.25) is 14.8 Å². The number of amides is 1. The van der Waals surface area contributed by atoms with Crippen molar-refractivity contribution in [2.45, 2.75) is 13.3 Å². The summed E-state index contributed by atoms with van der Waals surface area (Å²) < 4.78 is 4.78. The predicted molar refractivity (Wildman–Crippen MR) is 63.5 cm³/mol. The smallest absolute Gasteiger partial charge is 0.375 e. The molecule has 1 amide bonds. The summed E-state index contributed by atoms with van der Waals surface area (Å²) in [5.41, 5.74) is 0. The highest BCUT2D eigenvalue weighted by atomic mass is 35.5. The molecule has 0 saturated carbocycles. The fourth-order valence-corrected chi connectivity index (χ4v) is 1.95. The number of anilines is 1. The largest absolute Gasteiger partial charge is 0.460 e. The molecule has 1 saturated heterocycles. The van der Waals surface area contributed by atoms with Crippen molar-refractivity contribution in [3.05, 3.63) is 5.82 Å². The standard InChI is InChI=1S/C10H13ClN4O3/c1-2-18-9(17)8-12-10(14-13-8)15-5-6(4-11)3-7(15)16/h6H,2-5H2,1H3,(H,12,13,14). The van der Waals surface area contributed by atoms with Crippen LogP contribution in [0.1, 0.15) is 24.0 Å². The molecule has 1 aromatic rings. The molecule has 0 aromatic carbocycles. The van der Waals surface area contributed by atoms with Gasteiger partial charge >= 0.3 is 5.97 Å². The van der Waals surface area contributed by atoms with Gasteiger partial charge in [0.1, 0.15) is 0 Å². The summed E-state index contributed by atoms with van der Waals surface area (Å²) in [6, 6.07) is 0. The molecule has 1 aliphatic heterocycles. The first-order chi connectivity index (χ1) is 8.65. The van der Waals surface area contributed by atoms with E-state index in [1.165, 1.54) is 4.90 Å². The second-order valence-electron chi connectivity index (χ2n) is 3.93. The highest BCUT2D eigenvalue weighted by molar-refractivity contribution is 6.18. The molecule has 1 fully saturated rings. The van der Waals surface area contributed by atoms with Crippen molar-refractivity contribution in [1.29, 1.82) is 0 Å². The number of aromatic nitrogens is 3. The summed E-state index contributed by atoms with van der Waals surface area (Å²) in [7, 11) is 0. The maximum absolute atomic E-state index is 11.7. The van der Waals surface area contributed by atoms with Gasteiger partial charge < -0.3 is 4.74 Å². The number of hydrogen-bond acceptors (Lipinski definition) is 5. The zero-order valence-corrected chi connectivity index (χ0v) is 10.6. The van der Waals surface area contributed by atoms with Gasteiger partial charge in [-0.2, -0.15) is 4.98 Å². The van der Waals surface area contributed by atoms with Crippen molar-refractivity contribution in [3.8, 4) is 0 Å². The summed E-state index contributed by atoms with van der Waals surface area (Å²) in [6.07, 6.45) is 0.382. The summed E-state index contributed by atoms with van der Waals surface area (Å²) >= 11 is 5.72. The van der Waals surface area contributed by atoms with Gasteiger partial charge in [0, 0.05) is 18.8 Å². The average Bonchev–Trinajstić information content (AvgIpc) is 2.95. The van der Waals surface area contributed by atoms with Crippen LogP contribution in [0, 0.1) is 5.92 Å². The van der Waals surface area contributed by atoms with Crippen molar-refractivity contribution in [2.24, 2.45) is 5.92 Å². The molecule has 0 bridgehead atoms. The minimum Gasteiger partial charge on any atom is -0.460 e. The first kappa shape index (κ1) is 12.8. The van der Waals surface area contributed by atoms with E-state index in [9.17, 15) is 9.59 Å². The van der Waals surface area contributed by atoms with Crippen LogP contribution in [-0.2, 0) is 9.53 Å². The van der Waals surface area contributed by atoms with Gasteiger partial charge in [-0.15, -0.1) is 16.7 Å². The van der Waals surface area contributed by atoms with E-state index < -0.39 is 5.97 Å². The zero-order chi connectivity index (χ0) is 13.1. The Balaban J connectivity index is 2.11. The van der Waals surface area contributed by atoms with Gasteiger partial charge in [0.2, 0.25) is 11.7 Å². The lowest BCUT2D eigenvalue weighted by Crippen LogP contribution is -2.26. The summed E-state index contributed by atoms with van der Waals surface area (Å²) in [4.78, 5) is 28.5. The minimum atomic E-state index is -0.586. The van der Waals surface area contributed by atoms with Crippen LogP contribution in [0.15, 0.2) is 0 Å². The number of halogens is 1. The fourth-order valence-electron chi connectivity index (χ4n) is 1.74. The number of H-pyrrole nitrogens is 1. The van der Waals surface area contributed by atoms with Gasteiger partial charge in [0.15, 0.2) is 0 Å². The zero-order valence-electron chi connectivity index (χ0n) is 9.85. The summed E-state index contributed by atoms with van der Waals surface area (Å²) in [5.74, 6) is 0.0254. The molecule has 1 N–H and O–H groups in total. The number of hydrogen-bond donors (Lipinski definition) is 1. The molecule has 7 nitrogen and oxygen atoms in total. The van der Waals surface area contributed by atoms with Crippen LogP contribution >= 0.6 is 11.6 Å². The Morgan fingerprint density at radius 3 is 3.06 bits per heavy atom. The van der Waals surface area contributed by atoms with E-state index in [2.05, 4.69) is 15.2 Å². The molecule has 1 unspecified atom stereocenters. The number of carbonyl (C=O) groups excluding carboxylic acids is 2. The number of ether oxygens (including phenoxy) is 1. The van der Waals surface area contributed by atoms with E-state index in [0.29, 0.717) is 18.8 Å². The lowest BCUT2D eigenvalue weighted by molar-refractivity contribution is -0.117. The predicted octanol–water partition coefficient (Wildman–Crippen LogP) is 0.573. The molecule has 1 aromatic heterocycles. The van der Waals surface area contributed by atoms with Crippen molar-refractivity contribution < 1.29 is 14.3 Å². The van der Waals surface area contributed by atoms with Crippen LogP contribution in [-0.4, -0.2) is 46.1 Å². The Morgan fingerprint density at radius 2 is 2.44 bits per heavy atom. The molecule has 2 rings (SSSR count). The molecule has 98 valence electrons. The van der Waals surface area contributed by atoms with Gasteiger partial charge in [0.25, 0.3) is 5.95 Å². The Labute approximate surface area is 108 Å². The van der Waals surface area contributed by atoms with Crippen molar-refractivity contribution in [2.75, 3.05) is 23.9 Å². The Morgan fingerprint density at radius 1 is 1.67 bits per heavy atom. The highest BCUT2D eigenvalue weighted by Crippen LogP contribution is 2.22. The number of alkyl halides is 1. The Hall–Kier alpha value is -1.63.